The van der Waals surface area contributed by atoms with Crippen molar-refractivity contribution < 1.29 is 19.1 Å². The Labute approximate surface area is 109 Å². The van der Waals surface area contributed by atoms with Gasteiger partial charge in [0.2, 0.25) is 0 Å². The van der Waals surface area contributed by atoms with Gasteiger partial charge in [0.25, 0.3) is 0 Å². The molecular formula is C13H13FN2O3. The van der Waals surface area contributed by atoms with Crippen LogP contribution in [0.3, 0.4) is 0 Å². The maximum Gasteiger partial charge on any atom is 0.338 e. The number of amides is 2. The third kappa shape index (κ3) is 4.00. The molecule has 0 unspecified atom stereocenters. The number of halogens is 1. The number of rotatable bonds is 3. The van der Waals surface area contributed by atoms with Gasteiger partial charge in [-0.05, 0) is 32.0 Å². The maximum absolute atomic E-state index is 13.1. The summed E-state index contributed by atoms with van der Waals surface area (Å²) in [6, 6.07) is 2.64. The first-order valence-corrected chi connectivity index (χ1v) is 5.35. The number of carbonyl (C=O) groups is 2. The average Bonchev–Trinajstić information content (AvgIpc) is 2.30. The van der Waals surface area contributed by atoms with Crippen LogP contribution in [-0.4, -0.2) is 22.6 Å². The molecule has 0 aliphatic rings. The smallest absolute Gasteiger partial charge is 0.338 e. The Morgan fingerprint density at radius 1 is 1.42 bits per heavy atom. The van der Waals surface area contributed by atoms with Gasteiger partial charge in [0.1, 0.15) is 5.82 Å². The Morgan fingerprint density at radius 3 is 2.58 bits per heavy atom. The van der Waals surface area contributed by atoms with Crippen molar-refractivity contribution in [1.82, 2.24) is 5.32 Å². The number of benzene rings is 1. The molecule has 100 valence electrons. The summed E-state index contributed by atoms with van der Waals surface area (Å²) < 4.78 is 13.1. The van der Waals surface area contributed by atoms with E-state index in [0.717, 1.165) is 12.1 Å². The van der Waals surface area contributed by atoms with Crippen LogP contribution in [0, 0.1) is 18.2 Å². The topological polar surface area (TPSA) is 78.4 Å². The molecule has 0 saturated carbocycles. The summed E-state index contributed by atoms with van der Waals surface area (Å²) in [6.07, 6.45) is 5.21. The summed E-state index contributed by atoms with van der Waals surface area (Å²) in [7, 11) is 0. The van der Waals surface area contributed by atoms with E-state index in [9.17, 15) is 14.0 Å². The lowest BCUT2D eigenvalue weighted by Gasteiger charge is -2.19. The summed E-state index contributed by atoms with van der Waals surface area (Å²) in [5, 5.41) is 13.6. The Hall–Kier alpha value is -2.55. The van der Waals surface area contributed by atoms with Crippen molar-refractivity contribution in [2.45, 2.75) is 19.4 Å². The molecule has 0 aromatic heterocycles. The first kappa shape index (κ1) is 14.5. The predicted molar refractivity (Wildman–Crippen MR) is 68.4 cm³/mol. The normalized spacial score (nSPS) is 10.4. The van der Waals surface area contributed by atoms with Crippen LogP contribution in [0.25, 0.3) is 0 Å². The van der Waals surface area contributed by atoms with E-state index >= 15 is 0 Å². The van der Waals surface area contributed by atoms with Crippen molar-refractivity contribution in [2.75, 3.05) is 5.32 Å². The third-order valence-corrected chi connectivity index (χ3v) is 2.24. The Bertz CT molecular complexity index is 561. The molecule has 3 N–H and O–H groups in total. The Morgan fingerprint density at radius 2 is 2.05 bits per heavy atom. The van der Waals surface area contributed by atoms with Gasteiger partial charge in [0, 0.05) is 5.69 Å². The van der Waals surface area contributed by atoms with Crippen LogP contribution in [0.5, 0.6) is 0 Å². The molecule has 0 fully saturated rings. The molecule has 0 aliphatic carbocycles. The minimum Gasteiger partial charge on any atom is -0.478 e. The van der Waals surface area contributed by atoms with E-state index in [1.807, 2.05) is 0 Å². The van der Waals surface area contributed by atoms with Gasteiger partial charge >= 0.3 is 12.0 Å². The summed E-state index contributed by atoms with van der Waals surface area (Å²) >= 11 is 0. The Kier molecular flexibility index (Phi) is 4.12. The van der Waals surface area contributed by atoms with Crippen LogP contribution in [-0.2, 0) is 0 Å². The van der Waals surface area contributed by atoms with Gasteiger partial charge in [-0.3, -0.25) is 0 Å². The van der Waals surface area contributed by atoms with Crippen molar-refractivity contribution >= 4 is 17.7 Å². The van der Waals surface area contributed by atoms with E-state index in [2.05, 4.69) is 16.6 Å². The molecule has 1 aromatic carbocycles. The standard InChI is InChI=1S/C13H13FN2O3/c1-4-13(2,3)16-12(19)15-8-5-6-10(14)9(7-8)11(17)18/h1,5-7H,2-3H3,(H,17,18)(H2,15,16,19). The van der Waals surface area contributed by atoms with E-state index in [-0.39, 0.29) is 5.69 Å². The van der Waals surface area contributed by atoms with E-state index in [4.69, 9.17) is 11.5 Å². The lowest BCUT2D eigenvalue weighted by Crippen LogP contribution is -2.44. The lowest BCUT2D eigenvalue weighted by molar-refractivity contribution is 0.0692. The molecule has 0 bridgehead atoms. The van der Waals surface area contributed by atoms with Gasteiger partial charge in [-0.2, -0.15) is 0 Å². The number of anilines is 1. The molecule has 0 atom stereocenters. The van der Waals surface area contributed by atoms with E-state index in [1.54, 1.807) is 13.8 Å². The van der Waals surface area contributed by atoms with Crippen LogP contribution in [0.4, 0.5) is 14.9 Å². The highest BCUT2D eigenvalue weighted by atomic mass is 19.1. The van der Waals surface area contributed by atoms with E-state index in [0.29, 0.717) is 0 Å². The molecule has 6 heteroatoms. The van der Waals surface area contributed by atoms with Crippen molar-refractivity contribution in [2.24, 2.45) is 0 Å². The van der Waals surface area contributed by atoms with Crippen molar-refractivity contribution in [1.29, 1.82) is 0 Å². The van der Waals surface area contributed by atoms with Gasteiger partial charge < -0.3 is 15.7 Å². The zero-order valence-electron chi connectivity index (χ0n) is 10.5. The average molecular weight is 264 g/mol. The quantitative estimate of drug-likeness (QED) is 0.731. The largest absolute Gasteiger partial charge is 0.478 e. The number of hydrogen-bond donors (Lipinski definition) is 3. The van der Waals surface area contributed by atoms with Crippen LogP contribution in [0.15, 0.2) is 18.2 Å². The monoisotopic (exact) mass is 264 g/mol. The second-order valence-corrected chi connectivity index (χ2v) is 4.35. The summed E-state index contributed by atoms with van der Waals surface area (Å²) in [5.74, 6) is 0.0863. The molecule has 5 nitrogen and oxygen atoms in total. The van der Waals surface area contributed by atoms with Crippen molar-refractivity contribution in [3.05, 3.63) is 29.6 Å². The minimum atomic E-state index is -1.41. The molecule has 0 aliphatic heterocycles. The molecule has 1 rings (SSSR count). The zero-order valence-corrected chi connectivity index (χ0v) is 10.5. The van der Waals surface area contributed by atoms with E-state index < -0.39 is 28.9 Å². The first-order valence-electron chi connectivity index (χ1n) is 5.35. The lowest BCUT2D eigenvalue weighted by atomic mass is 10.1. The molecule has 0 heterocycles. The Balaban J connectivity index is 2.84. The van der Waals surface area contributed by atoms with Gasteiger partial charge in [-0.1, -0.05) is 5.92 Å². The molecule has 19 heavy (non-hydrogen) atoms. The molecule has 2 amide bonds. The van der Waals surface area contributed by atoms with Crippen LogP contribution >= 0.6 is 0 Å². The van der Waals surface area contributed by atoms with Crippen molar-refractivity contribution in [3.8, 4) is 12.3 Å². The summed E-state index contributed by atoms with van der Waals surface area (Å²) in [6.45, 7) is 3.25. The van der Waals surface area contributed by atoms with E-state index in [1.165, 1.54) is 6.07 Å². The molecule has 0 spiro atoms. The fourth-order valence-electron chi connectivity index (χ4n) is 1.25. The fraction of sp³-hybridized carbons (Fsp3) is 0.231. The second kappa shape index (κ2) is 5.40. The predicted octanol–water partition coefficient (Wildman–Crippen LogP) is 2.06. The number of hydrogen-bond acceptors (Lipinski definition) is 2. The number of nitrogens with one attached hydrogen (secondary N) is 2. The van der Waals surface area contributed by atoms with Gasteiger partial charge in [0.15, 0.2) is 0 Å². The number of urea groups is 1. The highest BCUT2D eigenvalue weighted by molar-refractivity contribution is 5.93. The number of aromatic carboxylic acids is 1. The molecule has 0 saturated heterocycles. The van der Waals surface area contributed by atoms with Crippen LogP contribution in [0.1, 0.15) is 24.2 Å². The minimum absolute atomic E-state index is 0.157. The van der Waals surface area contributed by atoms with Gasteiger partial charge in [-0.25, -0.2) is 14.0 Å². The van der Waals surface area contributed by atoms with Gasteiger partial charge in [-0.15, -0.1) is 6.42 Å². The maximum atomic E-state index is 13.1. The second-order valence-electron chi connectivity index (χ2n) is 4.35. The molecule has 0 radical (unpaired) electrons. The number of carboxylic acid groups (broad SMARTS) is 1. The summed E-state index contributed by atoms with van der Waals surface area (Å²) in [5.41, 5.74) is -1.21. The fourth-order valence-corrected chi connectivity index (χ4v) is 1.25. The highest BCUT2D eigenvalue weighted by Gasteiger charge is 2.17. The number of carboxylic acids is 1. The first-order chi connectivity index (χ1) is 8.75. The number of terminal acetylenes is 1. The number of carbonyl (C=O) groups excluding carboxylic acids is 1. The van der Waals surface area contributed by atoms with Gasteiger partial charge in [0.05, 0.1) is 11.1 Å². The SMILES string of the molecule is C#CC(C)(C)NC(=O)Nc1ccc(F)c(C(=O)O)c1. The molecular weight excluding hydrogens is 251 g/mol. The summed E-state index contributed by atoms with van der Waals surface area (Å²) in [4.78, 5) is 22.3. The third-order valence-electron chi connectivity index (χ3n) is 2.24. The van der Waals surface area contributed by atoms with Crippen molar-refractivity contribution in [3.63, 3.8) is 0 Å². The van der Waals surface area contributed by atoms with Crippen LogP contribution in [0.2, 0.25) is 0 Å². The zero-order chi connectivity index (χ0) is 14.6. The van der Waals surface area contributed by atoms with Crippen LogP contribution < -0.4 is 10.6 Å². The molecule has 1 aromatic rings. The highest BCUT2D eigenvalue weighted by Crippen LogP contribution is 2.15.